The maximum absolute atomic E-state index is 11.4. The molecular formula is C11H12N2O3. The quantitative estimate of drug-likeness (QED) is 0.762. The maximum Gasteiger partial charge on any atom is 0.339 e. The molecule has 0 heterocycles. The Kier molecular flexibility index (Phi) is 3.86. The molecule has 0 aliphatic carbocycles. The summed E-state index contributed by atoms with van der Waals surface area (Å²) in [6, 6.07) is 4.92. The van der Waals surface area contributed by atoms with Crippen molar-refractivity contribution < 1.29 is 14.3 Å². The molecule has 16 heavy (non-hydrogen) atoms. The zero-order valence-corrected chi connectivity index (χ0v) is 9.11. The van der Waals surface area contributed by atoms with E-state index in [1.165, 1.54) is 26.4 Å². The molecule has 2 N–H and O–H groups in total. The SMILES string of the molecule is COC(=O)c1cc(OC)c(CN)cc1C#N. The smallest absolute Gasteiger partial charge is 0.339 e. The van der Waals surface area contributed by atoms with Gasteiger partial charge in [-0.3, -0.25) is 0 Å². The van der Waals surface area contributed by atoms with Gasteiger partial charge in [0.05, 0.1) is 25.3 Å². The van der Waals surface area contributed by atoms with Crippen LogP contribution < -0.4 is 10.5 Å². The number of esters is 1. The van der Waals surface area contributed by atoms with Gasteiger partial charge in [-0.1, -0.05) is 0 Å². The van der Waals surface area contributed by atoms with Crippen LogP contribution in [0.3, 0.4) is 0 Å². The van der Waals surface area contributed by atoms with Crippen LogP contribution in [0.5, 0.6) is 5.75 Å². The summed E-state index contributed by atoms with van der Waals surface area (Å²) < 4.78 is 9.65. The molecule has 0 saturated carbocycles. The van der Waals surface area contributed by atoms with Crippen molar-refractivity contribution in [3.8, 4) is 11.8 Å². The lowest BCUT2D eigenvalue weighted by atomic mass is 10.0. The van der Waals surface area contributed by atoms with Crippen LogP contribution >= 0.6 is 0 Å². The van der Waals surface area contributed by atoms with Crippen LogP contribution in [-0.2, 0) is 11.3 Å². The second-order valence-electron chi connectivity index (χ2n) is 3.02. The first-order valence-electron chi connectivity index (χ1n) is 4.57. The molecule has 1 rings (SSSR count). The average Bonchev–Trinajstić information content (AvgIpc) is 2.35. The van der Waals surface area contributed by atoms with Crippen molar-refractivity contribution in [1.82, 2.24) is 0 Å². The predicted octanol–water partition coefficient (Wildman–Crippen LogP) is 0.812. The molecule has 0 spiro atoms. The van der Waals surface area contributed by atoms with Gasteiger partial charge >= 0.3 is 5.97 Å². The number of nitrogens with zero attached hydrogens (tertiary/aromatic N) is 1. The Bertz CT molecular complexity index is 449. The molecule has 5 nitrogen and oxygen atoms in total. The highest BCUT2D eigenvalue weighted by Crippen LogP contribution is 2.23. The standard InChI is InChI=1S/C11H12N2O3/c1-15-10-4-9(11(14)16-2)7(5-12)3-8(10)6-13/h3-4H,6,13H2,1-2H3. The number of carbonyl (C=O) groups is 1. The summed E-state index contributed by atoms with van der Waals surface area (Å²) in [5.41, 5.74) is 6.59. The molecule has 0 aromatic heterocycles. The van der Waals surface area contributed by atoms with Gasteiger partial charge in [-0.2, -0.15) is 5.26 Å². The molecule has 0 unspecified atom stereocenters. The van der Waals surface area contributed by atoms with E-state index in [4.69, 9.17) is 15.7 Å². The summed E-state index contributed by atoms with van der Waals surface area (Å²) in [4.78, 5) is 11.4. The van der Waals surface area contributed by atoms with E-state index in [1.54, 1.807) is 0 Å². The lowest BCUT2D eigenvalue weighted by Crippen LogP contribution is -2.08. The third-order valence-electron chi connectivity index (χ3n) is 2.17. The van der Waals surface area contributed by atoms with Gasteiger partial charge in [-0.15, -0.1) is 0 Å². The predicted molar refractivity (Wildman–Crippen MR) is 56.9 cm³/mol. The van der Waals surface area contributed by atoms with E-state index in [9.17, 15) is 4.79 Å². The van der Waals surface area contributed by atoms with Crippen molar-refractivity contribution in [1.29, 1.82) is 5.26 Å². The molecule has 0 aliphatic heterocycles. The highest BCUT2D eigenvalue weighted by molar-refractivity contribution is 5.92. The summed E-state index contributed by atoms with van der Waals surface area (Å²) >= 11 is 0. The summed E-state index contributed by atoms with van der Waals surface area (Å²) in [5.74, 6) is -0.0969. The summed E-state index contributed by atoms with van der Waals surface area (Å²) in [7, 11) is 2.73. The van der Waals surface area contributed by atoms with Crippen LogP contribution in [0.4, 0.5) is 0 Å². The third-order valence-corrected chi connectivity index (χ3v) is 2.17. The Morgan fingerprint density at radius 3 is 2.62 bits per heavy atom. The highest BCUT2D eigenvalue weighted by atomic mass is 16.5. The van der Waals surface area contributed by atoms with E-state index in [0.717, 1.165) is 0 Å². The number of methoxy groups -OCH3 is 2. The van der Waals surface area contributed by atoms with E-state index in [1.807, 2.05) is 6.07 Å². The second-order valence-corrected chi connectivity index (χ2v) is 3.02. The van der Waals surface area contributed by atoms with Crippen LogP contribution in [0.25, 0.3) is 0 Å². The molecule has 0 aliphatic rings. The van der Waals surface area contributed by atoms with Crippen LogP contribution in [0.15, 0.2) is 12.1 Å². The van der Waals surface area contributed by atoms with Crippen LogP contribution in [0.1, 0.15) is 21.5 Å². The second kappa shape index (κ2) is 5.14. The van der Waals surface area contributed by atoms with E-state index < -0.39 is 5.97 Å². The first-order chi connectivity index (χ1) is 7.67. The molecule has 1 aromatic rings. The van der Waals surface area contributed by atoms with Crippen LogP contribution in [0, 0.1) is 11.3 Å². The van der Waals surface area contributed by atoms with Gasteiger partial charge in [-0.25, -0.2) is 4.79 Å². The fraction of sp³-hybridized carbons (Fsp3) is 0.273. The molecule has 5 heteroatoms. The number of rotatable bonds is 3. The number of nitrogens with two attached hydrogens (primary N) is 1. The zero-order chi connectivity index (χ0) is 12.1. The summed E-state index contributed by atoms with van der Waals surface area (Å²) in [5, 5.41) is 8.91. The lowest BCUT2D eigenvalue weighted by Gasteiger charge is -2.09. The van der Waals surface area contributed by atoms with Gasteiger partial charge in [0.2, 0.25) is 0 Å². The van der Waals surface area contributed by atoms with E-state index >= 15 is 0 Å². The van der Waals surface area contributed by atoms with Gasteiger partial charge in [0.15, 0.2) is 0 Å². The topological polar surface area (TPSA) is 85.3 Å². The largest absolute Gasteiger partial charge is 0.496 e. The zero-order valence-electron chi connectivity index (χ0n) is 9.11. The van der Waals surface area contributed by atoms with Crippen molar-refractivity contribution in [2.45, 2.75) is 6.54 Å². The van der Waals surface area contributed by atoms with Crippen molar-refractivity contribution in [2.24, 2.45) is 5.73 Å². The third kappa shape index (κ3) is 2.12. The number of hydrogen-bond acceptors (Lipinski definition) is 5. The molecular weight excluding hydrogens is 208 g/mol. The van der Waals surface area contributed by atoms with Gasteiger partial charge in [0, 0.05) is 12.1 Å². The molecule has 0 bridgehead atoms. The average molecular weight is 220 g/mol. The van der Waals surface area contributed by atoms with E-state index in [0.29, 0.717) is 11.3 Å². The van der Waals surface area contributed by atoms with Crippen molar-refractivity contribution in [3.05, 3.63) is 28.8 Å². The van der Waals surface area contributed by atoms with Crippen molar-refractivity contribution >= 4 is 5.97 Å². The normalized spacial score (nSPS) is 9.38. The molecule has 84 valence electrons. The maximum atomic E-state index is 11.4. The molecule has 0 saturated heterocycles. The Morgan fingerprint density at radius 2 is 2.19 bits per heavy atom. The summed E-state index contributed by atoms with van der Waals surface area (Å²) in [6.45, 7) is 0.235. The van der Waals surface area contributed by atoms with Gasteiger partial charge in [-0.05, 0) is 12.1 Å². The number of carbonyl (C=O) groups excluding carboxylic acids is 1. The van der Waals surface area contributed by atoms with E-state index in [2.05, 4.69) is 4.74 Å². The Hall–Kier alpha value is -2.06. The van der Waals surface area contributed by atoms with Gasteiger partial charge in [0.1, 0.15) is 11.8 Å². The van der Waals surface area contributed by atoms with Crippen LogP contribution in [-0.4, -0.2) is 20.2 Å². The molecule has 0 radical (unpaired) electrons. The van der Waals surface area contributed by atoms with E-state index in [-0.39, 0.29) is 17.7 Å². The molecule has 1 aromatic carbocycles. The van der Waals surface area contributed by atoms with Crippen molar-refractivity contribution in [3.63, 3.8) is 0 Å². The Balaban J connectivity index is 3.39. The lowest BCUT2D eigenvalue weighted by molar-refractivity contribution is 0.0600. The monoisotopic (exact) mass is 220 g/mol. The fourth-order valence-corrected chi connectivity index (χ4v) is 1.35. The Labute approximate surface area is 93.4 Å². The highest BCUT2D eigenvalue weighted by Gasteiger charge is 2.15. The Morgan fingerprint density at radius 1 is 1.50 bits per heavy atom. The number of ether oxygens (including phenoxy) is 2. The summed E-state index contributed by atoms with van der Waals surface area (Å²) in [6.07, 6.45) is 0. The first-order valence-corrected chi connectivity index (χ1v) is 4.57. The number of nitriles is 1. The first kappa shape index (κ1) is 12.0. The molecule has 0 atom stereocenters. The minimum Gasteiger partial charge on any atom is -0.496 e. The molecule has 0 fully saturated rings. The number of benzene rings is 1. The van der Waals surface area contributed by atoms with Crippen LogP contribution in [0.2, 0.25) is 0 Å². The van der Waals surface area contributed by atoms with Gasteiger partial charge < -0.3 is 15.2 Å². The number of hydrogen-bond donors (Lipinski definition) is 1. The fourth-order valence-electron chi connectivity index (χ4n) is 1.35. The minimum atomic E-state index is -0.571. The van der Waals surface area contributed by atoms with Gasteiger partial charge in [0.25, 0.3) is 0 Å². The van der Waals surface area contributed by atoms with Crippen molar-refractivity contribution in [2.75, 3.05) is 14.2 Å². The molecule has 0 amide bonds. The minimum absolute atomic E-state index is 0.180.